The third-order valence-electron chi connectivity index (χ3n) is 3.89. The lowest BCUT2D eigenvalue weighted by atomic mass is 9.79. The van der Waals surface area contributed by atoms with Crippen LogP contribution in [0.15, 0.2) is 42.5 Å². The number of nitrogens with zero attached hydrogens (tertiary/aromatic N) is 1. The van der Waals surface area contributed by atoms with Crippen molar-refractivity contribution < 1.29 is 14.4 Å². The maximum absolute atomic E-state index is 13.5. The Labute approximate surface area is 123 Å². The predicted molar refractivity (Wildman–Crippen MR) is 80.5 cm³/mol. The lowest BCUT2D eigenvalue weighted by Gasteiger charge is -2.28. The Balaban J connectivity index is 1.76. The zero-order valence-electron chi connectivity index (χ0n) is 11.7. The minimum absolute atomic E-state index is 0.197. The Kier molecular flexibility index (Phi) is 4.06. The summed E-state index contributed by atoms with van der Waals surface area (Å²) in [4.78, 5) is 2.24. The minimum atomic E-state index is -1.64. The second-order valence-electron chi connectivity index (χ2n) is 5.50. The van der Waals surface area contributed by atoms with Crippen LogP contribution in [0.5, 0.6) is 0 Å². The monoisotopic (exact) mass is 285 g/mol. The van der Waals surface area contributed by atoms with Gasteiger partial charge >= 0.3 is 7.12 Å². The fourth-order valence-electron chi connectivity index (χ4n) is 2.86. The maximum Gasteiger partial charge on any atom is 0.488 e. The Morgan fingerprint density at radius 1 is 1.10 bits per heavy atom. The average Bonchev–Trinajstić information content (AvgIpc) is 2.46. The number of halogens is 1. The van der Waals surface area contributed by atoms with Crippen molar-refractivity contribution >= 4 is 12.6 Å². The Morgan fingerprint density at radius 2 is 1.86 bits per heavy atom. The molecule has 0 aliphatic carbocycles. The smallest absolute Gasteiger partial charge is 0.423 e. The molecule has 1 aliphatic rings. The molecule has 0 atom stereocenters. The first kappa shape index (κ1) is 14.3. The summed E-state index contributed by atoms with van der Waals surface area (Å²) in [5.74, 6) is -0.437. The summed E-state index contributed by atoms with van der Waals surface area (Å²) >= 11 is 0. The lowest BCUT2D eigenvalue weighted by Crippen LogP contribution is -2.33. The molecule has 0 fully saturated rings. The zero-order valence-corrected chi connectivity index (χ0v) is 11.7. The molecular weight excluding hydrogens is 268 g/mol. The SMILES string of the molecule is OB(O)c1cc(F)cc(CN2CCc3ccccc3C2)c1. The van der Waals surface area contributed by atoms with Crippen LogP contribution in [0.4, 0.5) is 4.39 Å². The summed E-state index contributed by atoms with van der Waals surface area (Å²) in [6, 6.07) is 12.6. The molecule has 2 aromatic rings. The number of fused-ring (bicyclic) bond motifs is 1. The third-order valence-corrected chi connectivity index (χ3v) is 3.89. The van der Waals surface area contributed by atoms with Crippen LogP contribution in [0.2, 0.25) is 0 Å². The summed E-state index contributed by atoms with van der Waals surface area (Å²) < 4.78 is 13.5. The van der Waals surface area contributed by atoms with Crippen LogP contribution in [0.25, 0.3) is 0 Å². The highest BCUT2D eigenvalue weighted by molar-refractivity contribution is 6.58. The van der Waals surface area contributed by atoms with E-state index in [1.165, 1.54) is 17.2 Å². The van der Waals surface area contributed by atoms with Crippen molar-refractivity contribution in [1.82, 2.24) is 4.90 Å². The summed E-state index contributed by atoms with van der Waals surface area (Å²) in [5.41, 5.74) is 3.64. The molecule has 21 heavy (non-hydrogen) atoms. The third kappa shape index (κ3) is 3.32. The second-order valence-corrected chi connectivity index (χ2v) is 5.50. The second kappa shape index (κ2) is 5.97. The first-order valence-corrected chi connectivity index (χ1v) is 7.06. The van der Waals surface area contributed by atoms with Gasteiger partial charge in [0.05, 0.1) is 0 Å². The first-order chi connectivity index (χ1) is 10.1. The van der Waals surface area contributed by atoms with Gasteiger partial charge in [-0.3, -0.25) is 4.90 Å². The number of hydrogen-bond donors (Lipinski definition) is 2. The topological polar surface area (TPSA) is 43.7 Å². The van der Waals surface area contributed by atoms with E-state index in [1.807, 2.05) is 6.07 Å². The van der Waals surface area contributed by atoms with Crippen LogP contribution in [-0.4, -0.2) is 28.6 Å². The molecule has 3 rings (SSSR count). The predicted octanol–water partition coefficient (Wildman–Crippen LogP) is 1.06. The molecule has 1 heterocycles. The van der Waals surface area contributed by atoms with Crippen molar-refractivity contribution in [3.05, 3.63) is 65.0 Å². The summed E-state index contributed by atoms with van der Waals surface area (Å²) in [5, 5.41) is 18.4. The van der Waals surface area contributed by atoms with Gasteiger partial charge in [0.1, 0.15) is 5.82 Å². The van der Waals surface area contributed by atoms with Gasteiger partial charge in [0.15, 0.2) is 0 Å². The molecule has 3 nitrogen and oxygen atoms in total. The first-order valence-electron chi connectivity index (χ1n) is 7.06. The molecule has 2 aromatic carbocycles. The summed E-state index contributed by atoms with van der Waals surface area (Å²) in [6.07, 6.45) is 0.987. The maximum atomic E-state index is 13.5. The lowest BCUT2D eigenvalue weighted by molar-refractivity contribution is 0.245. The van der Waals surface area contributed by atoms with Crippen molar-refractivity contribution in [2.24, 2.45) is 0 Å². The van der Waals surface area contributed by atoms with E-state index in [0.717, 1.165) is 31.1 Å². The van der Waals surface area contributed by atoms with Gasteiger partial charge in [-0.05, 0) is 40.7 Å². The molecule has 0 saturated carbocycles. The molecule has 0 unspecified atom stereocenters. The molecule has 0 radical (unpaired) electrons. The van der Waals surface area contributed by atoms with E-state index < -0.39 is 12.9 Å². The summed E-state index contributed by atoms with van der Waals surface area (Å²) in [6.45, 7) is 2.36. The van der Waals surface area contributed by atoms with Gasteiger partial charge in [-0.25, -0.2) is 4.39 Å². The van der Waals surface area contributed by atoms with Gasteiger partial charge in [-0.1, -0.05) is 30.3 Å². The van der Waals surface area contributed by atoms with Gasteiger partial charge in [0.25, 0.3) is 0 Å². The van der Waals surface area contributed by atoms with E-state index in [-0.39, 0.29) is 5.46 Å². The van der Waals surface area contributed by atoms with Crippen molar-refractivity contribution in [3.8, 4) is 0 Å². The van der Waals surface area contributed by atoms with Crippen molar-refractivity contribution in [1.29, 1.82) is 0 Å². The molecule has 2 N–H and O–H groups in total. The number of hydrogen-bond acceptors (Lipinski definition) is 3. The van der Waals surface area contributed by atoms with Crippen LogP contribution in [0.3, 0.4) is 0 Å². The number of rotatable bonds is 3. The van der Waals surface area contributed by atoms with Gasteiger partial charge in [0.2, 0.25) is 0 Å². The van der Waals surface area contributed by atoms with Crippen LogP contribution < -0.4 is 5.46 Å². The average molecular weight is 285 g/mol. The molecule has 0 amide bonds. The molecule has 0 aromatic heterocycles. The van der Waals surface area contributed by atoms with Gasteiger partial charge in [-0.2, -0.15) is 0 Å². The Morgan fingerprint density at radius 3 is 2.62 bits per heavy atom. The van der Waals surface area contributed by atoms with E-state index in [2.05, 4.69) is 23.1 Å². The minimum Gasteiger partial charge on any atom is -0.423 e. The van der Waals surface area contributed by atoms with Crippen LogP contribution in [0.1, 0.15) is 16.7 Å². The fraction of sp³-hybridized carbons (Fsp3) is 0.250. The van der Waals surface area contributed by atoms with E-state index in [0.29, 0.717) is 6.54 Å². The molecule has 0 spiro atoms. The van der Waals surface area contributed by atoms with Crippen LogP contribution in [0, 0.1) is 5.82 Å². The van der Waals surface area contributed by atoms with Gasteiger partial charge < -0.3 is 10.0 Å². The van der Waals surface area contributed by atoms with Gasteiger partial charge in [-0.15, -0.1) is 0 Å². The highest BCUT2D eigenvalue weighted by Gasteiger charge is 2.18. The molecule has 0 saturated heterocycles. The Hall–Kier alpha value is -1.69. The standard InChI is InChI=1S/C16H17BFNO2/c18-16-8-12(7-15(9-16)17(20)21)10-19-6-5-13-3-1-2-4-14(13)11-19/h1-4,7-9,20-21H,5-6,10-11H2. The van der Waals surface area contributed by atoms with Crippen molar-refractivity contribution in [2.45, 2.75) is 19.5 Å². The van der Waals surface area contributed by atoms with E-state index in [9.17, 15) is 14.4 Å². The van der Waals surface area contributed by atoms with E-state index in [4.69, 9.17) is 0 Å². The highest BCUT2D eigenvalue weighted by atomic mass is 19.1. The van der Waals surface area contributed by atoms with Crippen LogP contribution in [-0.2, 0) is 19.5 Å². The normalized spacial score (nSPS) is 14.8. The van der Waals surface area contributed by atoms with Crippen molar-refractivity contribution in [3.63, 3.8) is 0 Å². The summed E-state index contributed by atoms with van der Waals surface area (Å²) in [7, 11) is -1.64. The molecule has 5 heteroatoms. The molecule has 108 valence electrons. The molecule has 1 aliphatic heterocycles. The Bertz CT molecular complexity index is 648. The van der Waals surface area contributed by atoms with Gasteiger partial charge in [0, 0.05) is 19.6 Å². The fourth-order valence-corrected chi connectivity index (χ4v) is 2.86. The number of benzene rings is 2. The van der Waals surface area contributed by atoms with E-state index >= 15 is 0 Å². The van der Waals surface area contributed by atoms with Crippen molar-refractivity contribution in [2.75, 3.05) is 6.54 Å². The largest absolute Gasteiger partial charge is 0.488 e. The zero-order chi connectivity index (χ0) is 14.8. The highest BCUT2D eigenvalue weighted by Crippen LogP contribution is 2.20. The van der Waals surface area contributed by atoms with E-state index in [1.54, 1.807) is 6.07 Å². The van der Waals surface area contributed by atoms with Crippen LogP contribution >= 0.6 is 0 Å². The molecular formula is C16H17BFNO2. The molecule has 0 bridgehead atoms. The quantitative estimate of drug-likeness (QED) is 0.829.